The number of carbonyl (C=O) groups excluding carboxylic acids is 1. The number of carbonyl (C=O) groups is 1. The summed E-state index contributed by atoms with van der Waals surface area (Å²) < 4.78 is 31.1. The van der Waals surface area contributed by atoms with Crippen LogP contribution in [0.3, 0.4) is 0 Å². The molecule has 0 saturated carbocycles. The quantitative estimate of drug-likeness (QED) is 0.834. The number of amides is 1. The van der Waals surface area contributed by atoms with E-state index in [4.69, 9.17) is 0 Å². The SMILES string of the molecule is CC(F)(F)F.CNC(=O)c1ccc2c3c1CCN3CCNC2. The summed E-state index contributed by atoms with van der Waals surface area (Å²) in [5.74, 6) is 0.0295. The van der Waals surface area contributed by atoms with E-state index in [-0.39, 0.29) is 12.8 Å². The van der Waals surface area contributed by atoms with E-state index < -0.39 is 6.18 Å². The van der Waals surface area contributed by atoms with Gasteiger partial charge in [0.2, 0.25) is 0 Å². The average molecular weight is 315 g/mol. The van der Waals surface area contributed by atoms with Crippen molar-refractivity contribution in [1.29, 1.82) is 0 Å². The topological polar surface area (TPSA) is 44.4 Å². The number of alkyl halides is 3. The van der Waals surface area contributed by atoms with Crippen LogP contribution < -0.4 is 15.5 Å². The molecule has 1 aromatic rings. The summed E-state index contributed by atoms with van der Waals surface area (Å²) >= 11 is 0. The Balaban J connectivity index is 0.000000309. The molecule has 2 N–H and O–H groups in total. The van der Waals surface area contributed by atoms with Crippen molar-refractivity contribution in [2.45, 2.75) is 26.1 Å². The summed E-state index contributed by atoms with van der Waals surface area (Å²) in [5.41, 5.74) is 4.69. The van der Waals surface area contributed by atoms with Crippen LogP contribution in [0.15, 0.2) is 12.1 Å². The zero-order chi connectivity index (χ0) is 16.3. The van der Waals surface area contributed by atoms with Gasteiger partial charge in [-0.15, -0.1) is 0 Å². The molecule has 0 atom stereocenters. The molecule has 0 aliphatic carbocycles. The first-order valence-corrected chi connectivity index (χ1v) is 7.20. The highest BCUT2D eigenvalue weighted by Crippen LogP contribution is 2.35. The number of rotatable bonds is 1. The summed E-state index contributed by atoms with van der Waals surface area (Å²) in [6, 6.07) is 4.05. The van der Waals surface area contributed by atoms with E-state index in [0.717, 1.165) is 38.2 Å². The molecule has 1 amide bonds. The summed E-state index contributed by atoms with van der Waals surface area (Å²) in [6.07, 6.45) is -3.01. The van der Waals surface area contributed by atoms with Crippen molar-refractivity contribution in [3.05, 3.63) is 28.8 Å². The third-order valence-corrected chi connectivity index (χ3v) is 3.66. The van der Waals surface area contributed by atoms with Gasteiger partial charge in [0.25, 0.3) is 5.91 Å². The normalized spacial score (nSPS) is 16.3. The van der Waals surface area contributed by atoms with E-state index in [9.17, 15) is 18.0 Å². The molecule has 22 heavy (non-hydrogen) atoms. The van der Waals surface area contributed by atoms with E-state index in [1.807, 2.05) is 6.07 Å². The minimum atomic E-state index is -4.00. The largest absolute Gasteiger partial charge is 0.386 e. The van der Waals surface area contributed by atoms with E-state index in [2.05, 4.69) is 21.6 Å². The highest BCUT2D eigenvalue weighted by atomic mass is 19.4. The zero-order valence-corrected chi connectivity index (χ0v) is 12.7. The third-order valence-electron chi connectivity index (χ3n) is 3.66. The number of benzene rings is 1. The molecule has 0 radical (unpaired) electrons. The maximum Gasteiger partial charge on any atom is 0.386 e. The highest BCUT2D eigenvalue weighted by Gasteiger charge is 2.27. The maximum absolute atomic E-state index is 11.8. The number of halogens is 3. The van der Waals surface area contributed by atoms with E-state index >= 15 is 0 Å². The lowest BCUT2D eigenvalue weighted by atomic mass is 10.00. The zero-order valence-electron chi connectivity index (χ0n) is 12.7. The van der Waals surface area contributed by atoms with Gasteiger partial charge in [0, 0.05) is 51.4 Å². The Morgan fingerprint density at radius 3 is 2.64 bits per heavy atom. The van der Waals surface area contributed by atoms with E-state index in [1.165, 1.54) is 16.8 Å². The van der Waals surface area contributed by atoms with Crippen LogP contribution in [-0.4, -0.2) is 38.8 Å². The Bertz CT molecular complexity index is 552. The van der Waals surface area contributed by atoms with Crippen LogP contribution in [-0.2, 0) is 13.0 Å². The Morgan fingerprint density at radius 1 is 1.32 bits per heavy atom. The predicted molar refractivity (Wildman–Crippen MR) is 79.2 cm³/mol. The predicted octanol–water partition coefficient (Wildman–Crippen LogP) is 2.08. The van der Waals surface area contributed by atoms with Crippen LogP contribution in [0.25, 0.3) is 0 Å². The van der Waals surface area contributed by atoms with Gasteiger partial charge >= 0.3 is 6.18 Å². The van der Waals surface area contributed by atoms with Crippen LogP contribution in [0.1, 0.15) is 28.4 Å². The fourth-order valence-electron chi connectivity index (χ4n) is 2.84. The molecule has 3 rings (SSSR count). The summed E-state index contributed by atoms with van der Waals surface area (Å²) in [5, 5.41) is 6.14. The fraction of sp³-hybridized carbons (Fsp3) is 0.533. The molecule has 0 aromatic heterocycles. The fourth-order valence-corrected chi connectivity index (χ4v) is 2.84. The van der Waals surface area contributed by atoms with Crippen LogP contribution in [0, 0.1) is 0 Å². The molecule has 7 heteroatoms. The first-order chi connectivity index (χ1) is 10.3. The van der Waals surface area contributed by atoms with Crippen molar-refractivity contribution in [3.8, 4) is 0 Å². The molecule has 1 aromatic carbocycles. The van der Waals surface area contributed by atoms with Crippen LogP contribution in [0.2, 0.25) is 0 Å². The Morgan fingerprint density at radius 2 is 2.00 bits per heavy atom. The maximum atomic E-state index is 11.8. The number of hydrogen-bond donors (Lipinski definition) is 2. The summed E-state index contributed by atoms with van der Waals surface area (Å²) in [4.78, 5) is 14.2. The van der Waals surface area contributed by atoms with Gasteiger partial charge in [0.1, 0.15) is 0 Å². The molecule has 2 heterocycles. The molecule has 122 valence electrons. The number of hydrogen-bond acceptors (Lipinski definition) is 3. The minimum Gasteiger partial charge on any atom is -0.369 e. The highest BCUT2D eigenvalue weighted by molar-refractivity contribution is 5.97. The Hall–Kier alpha value is -1.76. The standard InChI is InChI=1S/C13H17N3O.C2H3F3/c1-14-13(17)11-3-2-9-8-15-5-7-16-6-4-10(11)12(9)16;1-2(3,4)5/h2-3,15H,4-8H2,1H3,(H,14,17);1H3. The van der Waals surface area contributed by atoms with Crippen molar-refractivity contribution >= 4 is 11.6 Å². The molecule has 0 saturated heterocycles. The second kappa shape index (κ2) is 6.56. The van der Waals surface area contributed by atoms with Gasteiger partial charge in [-0.2, -0.15) is 13.2 Å². The van der Waals surface area contributed by atoms with Gasteiger partial charge in [0.05, 0.1) is 0 Å². The average Bonchev–Trinajstić information content (AvgIpc) is 2.73. The number of nitrogens with one attached hydrogen (secondary N) is 2. The molecule has 2 aliphatic heterocycles. The first-order valence-electron chi connectivity index (χ1n) is 7.20. The molecule has 0 bridgehead atoms. The van der Waals surface area contributed by atoms with Crippen LogP contribution in [0.5, 0.6) is 0 Å². The van der Waals surface area contributed by atoms with Gasteiger partial charge in [-0.1, -0.05) is 6.07 Å². The summed E-state index contributed by atoms with van der Waals surface area (Å²) in [7, 11) is 1.69. The molecule has 2 aliphatic rings. The van der Waals surface area contributed by atoms with E-state index in [0.29, 0.717) is 0 Å². The van der Waals surface area contributed by atoms with Crippen molar-refractivity contribution in [1.82, 2.24) is 10.6 Å². The van der Waals surface area contributed by atoms with Gasteiger partial charge in [-0.05, 0) is 23.6 Å². The lowest BCUT2D eigenvalue weighted by molar-refractivity contribution is -0.110. The second-order valence-electron chi connectivity index (χ2n) is 5.37. The number of anilines is 1. The summed E-state index contributed by atoms with van der Waals surface area (Å²) in [6.45, 7) is 4.19. The van der Waals surface area contributed by atoms with Crippen molar-refractivity contribution in [2.24, 2.45) is 0 Å². The number of nitrogens with zero attached hydrogens (tertiary/aromatic N) is 1. The molecule has 0 unspecified atom stereocenters. The van der Waals surface area contributed by atoms with Gasteiger partial charge < -0.3 is 15.5 Å². The third kappa shape index (κ3) is 3.91. The smallest absolute Gasteiger partial charge is 0.369 e. The monoisotopic (exact) mass is 315 g/mol. The Kier molecular flexibility index (Phi) is 4.95. The molecule has 0 fully saturated rings. The molecular formula is C15H20F3N3O. The molecule has 0 spiro atoms. The first kappa shape index (κ1) is 16.6. The second-order valence-corrected chi connectivity index (χ2v) is 5.37. The minimum absolute atomic E-state index is 0.0295. The lowest BCUT2D eigenvalue weighted by Gasteiger charge is -2.19. The van der Waals surface area contributed by atoms with Crippen molar-refractivity contribution in [2.75, 3.05) is 31.6 Å². The van der Waals surface area contributed by atoms with Crippen molar-refractivity contribution in [3.63, 3.8) is 0 Å². The Labute approximate surface area is 127 Å². The lowest BCUT2D eigenvalue weighted by Crippen LogP contribution is -2.27. The van der Waals surface area contributed by atoms with Gasteiger partial charge in [0.15, 0.2) is 0 Å². The van der Waals surface area contributed by atoms with Crippen molar-refractivity contribution < 1.29 is 18.0 Å². The molecule has 4 nitrogen and oxygen atoms in total. The van der Waals surface area contributed by atoms with Crippen LogP contribution in [0.4, 0.5) is 18.9 Å². The molecular weight excluding hydrogens is 295 g/mol. The van der Waals surface area contributed by atoms with Crippen LogP contribution >= 0.6 is 0 Å². The van der Waals surface area contributed by atoms with Gasteiger partial charge in [-0.3, -0.25) is 4.79 Å². The van der Waals surface area contributed by atoms with E-state index in [1.54, 1.807) is 7.05 Å². The van der Waals surface area contributed by atoms with Gasteiger partial charge in [-0.25, -0.2) is 0 Å².